The second-order valence-corrected chi connectivity index (χ2v) is 5.58. The van der Waals surface area contributed by atoms with Gasteiger partial charge in [0.25, 0.3) is 5.91 Å². The van der Waals surface area contributed by atoms with Crippen LogP contribution in [0.5, 0.6) is 0 Å². The first-order valence-corrected chi connectivity index (χ1v) is 7.84. The molecule has 0 aliphatic carbocycles. The van der Waals surface area contributed by atoms with Crippen LogP contribution < -0.4 is 4.90 Å². The fourth-order valence-corrected chi connectivity index (χ4v) is 2.91. The number of anilines is 2. The number of esters is 1. The zero-order valence-corrected chi connectivity index (χ0v) is 13.5. The Bertz CT molecular complexity index is 709. The average molecular weight is 325 g/mol. The highest BCUT2D eigenvalue weighted by molar-refractivity contribution is 6.03. The maximum absolute atomic E-state index is 12.8. The number of hydrogen-bond acceptors (Lipinski definition) is 4. The number of benzene rings is 2. The van der Waals surface area contributed by atoms with Crippen molar-refractivity contribution in [2.45, 2.75) is 12.8 Å². The Hall–Kier alpha value is -2.66. The summed E-state index contributed by atoms with van der Waals surface area (Å²) in [7, 11) is 1.41. The molecule has 0 radical (unpaired) electrons. The van der Waals surface area contributed by atoms with Gasteiger partial charge in [0.1, 0.15) is 6.61 Å². The number of amides is 1. The summed E-state index contributed by atoms with van der Waals surface area (Å²) in [5.41, 5.74) is 3.89. The van der Waals surface area contributed by atoms with E-state index in [2.05, 4.69) is 0 Å². The second-order valence-electron chi connectivity index (χ2n) is 5.58. The van der Waals surface area contributed by atoms with Crippen molar-refractivity contribution in [1.29, 1.82) is 0 Å². The van der Waals surface area contributed by atoms with Crippen LogP contribution in [0.25, 0.3) is 0 Å². The molecule has 0 saturated carbocycles. The van der Waals surface area contributed by atoms with E-state index in [4.69, 9.17) is 9.47 Å². The van der Waals surface area contributed by atoms with Gasteiger partial charge in [-0.05, 0) is 36.1 Å². The molecule has 0 atom stereocenters. The maximum atomic E-state index is 12.8. The molecule has 0 saturated heterocycles. The number of hydrogen-bond donors (Lipinski definition) is 0. The summed E-state index contributed by atoms with van der Waals surface area (Å²) in [6.45, 7) is -0.481. The Labute approximate surface area is 140 Å². The SMILES string of the molecule is COCC(=O)OCC(=O)N1c2ccccc2CCc2ccccc21. The Morgan fingerprint density at radius 3 is 2.00 bits per heavy atom. The summed E-state index contributed by atoms with van der Waals surface area (Å²) < 4.78 is 9.73. The van der Waals surface area contributed by atoms with Gasteiger partial charge in [0.2, 0.25) is 0 Å². The monoisotopic (exact) mass is 325 g/mol. The van der Waals surface area contributed by atoms with Crippen molar-refractivity contribution in [2.24, 2.45) is 0 Å². The third kappa shape index (κ3) is 3.31. The van der Waals surface area contributed by atoms with Crippen molar-refractivity contribution >= 4 is 23.3 Å². The zero-order valence-electron chi connectivity index (χ0n) is 13.5. The molecule has 0 spiro atoms. The molecular weight excluding hydrogens is 306 g/mol. The molecule has 2 aromatic carbocycles. The van der Waals surface area contributed by atoms with Crippen molar-refractivity contribution in [1.82, 2.24) is 0 Å². The van der Waals surface area contributed by atoms with Crippen LogP contribution in [0.15, 0.2) is 48.5 Å². The van der Waals surface area contributed by atoms with Gasteiger partial charge in [-0.3, -0.25) is 9.69 Å². The summed E-state index contributed by atoms with van der Waals surface area (Å²) in [6.07, 6.45) is 1.72. The molecule has 1 aliphatic heterocycles. The van der Waals surface area contributed by atoms with E-state index in [9.17, 15) is 9.59 Å². The van der Waals surface area contributed by atoms with Gasteiger partial charge >= 0.3 is 5.97 Å². The number of carbonyl (C=O) groups excluding carboxylic acids is 2. The summed E-state index contributed by atoms with van der Waals surface area (Å²) in [4.78, 5) is 25.9. The summed E-state index contributed by atoms with van der Waals surface area (Å²) >= 11 is 0. The third-order valence-corrected chi connectivity index (χ3v) is 4.00. The zero-order chi connectivity index (χ0) is 16.9. The van der Waals surface area contributed by atoms with E-state index >= 15 is 0 Å². The largest absolute Gasteiger partial charge is 0.454 e. The van der Waals surface area contributed by atoms with Gasteiger partial charge in [-0.2, -0.15) is 0 Å². The van der Waals surface area contributed by atoms with Crippen LogP contribution in [0, 0.1) is 0 Å². The van der Waals surface area contributed by atoms with Crippen LogP contribution in [0.1, 0.15) is 11.1 Å². The molecule has 0 bridgehead atoms. The summed E-state index contributed by atoms with van der Waals surface area (Å²) in [5, 5.41) is 0. The Morgan fingerprint density at radius 1 is 0.917 bits per heavy atom. The molecule has 1 heterocycles. The van der Waals surface area contributed by atoms with E-state index in [0.29, 0.717) is 0 Å². The van der Waals surface area contributed by atoms with E-state index in [1.165, 1.54) is 7.11 Å². The van der Waals surface area contributed by atoms with Gasteiger partial charge in [0.05, 0.1) is 11.4 Å². The molecule has 2 aromatic rings. The molecule has 5 nitrogen and oxygen atoms in total. The lowest BCUT2D eigenvalue weighted by Gasteiger charge is -2.24. The Kier molecular flexibility index (Phi) is 4.91. The molecule has 5 heteroatoms. The predicted molar refractivity (Wildman–Crippen MR) is 90.3 cm³/mol. The van der Waals surface area contributed by atoms with E-state index in [1.54, 1.807) is 4.90 Å². The van der Waals surface area contributed by atoms with Gasteiger partial charge in [-0.15, -0.1) is 0 Å². The summed E-state index contributed by atoms with van der Waals surface area (Å²) in [5.74, 6) is -0.830. The first kappa shape index (κ1) is 16.2. The van der Waals surface area contributed by atoms with Crippen molar-refractivity contribution in [3.8, 4) is 0 Å². The topological polar surface area (TPSA) is 55.8 Å². The first-order chi connectivity index (χ1) is 11.7. The minimum Gasteiger partial charge on any atom is -0.454 e. The highest BCUT2D eigenvalue weighted by Gasteiger charge is 2.26. The van der Waals surface area contributed by atoms with Gasteiger partial charge in [0, 0.05) is 7.11 Å². The van der Waals surface area contributed by atoms with Crippen LogP contribution in [-0.4, -0.2) is 32.2 Å². The lowest BCUT2D eigenvalue weighted by molar-refractivity contribution is -0.151. The minimum absolute atomic E-state index is 0.166. The van der Waals surface area contributed by atoms with E-state index in [1.807, 2.05) is 48.5 Å². The van der Waals surface area contributed by atoms with Crippen molar-refractivity contribution in [3.05, 3.63) is 59.7 Å². The predicted octanol–water partition coefficient (Wildman–Crippen LogP) is 2.64. The van der Waals surface area contributed by atoms with Crippen molar-refractivity contribution in [2.75, 3.05) is 25.2 Å². The average Bonchev–Trinajstić information content (AvgIpc) is 2.77. The Morgan fingerprint density at radius 2 is 1.46 bits per heavy atom. The molecule has 0 aromatic heterocycles. The number of carbonyl (C=O) groups is 2. The van der Waals surface area contributed by atoms with Crippen LogP contribution in [0.2, 0.25) is 0 Å². The first-order valence-electron chi connectivity index (χ1n) is 7.84. The van der Waals surface area contributed by atoms with Gasteiger partial charge in [-0.25, -0.2) is 4.79 Å². The molecule has 24 heavy (non-hydrogen) atoms. The number of methoxy groups -OCH3 is 1. The fraction of sp³-hybridized carbons (Fsp3) is 0.263. The quantitative estimate of drug-likeness (QED) is 0.811. The van der Waals surface area contributed by atoms with Crippen LogP contribution in [-0.2, 0) is 31.9 Å². The molecule has 0 unspecified atom stereocenters. The van der Waals surface area contributed by atoms with E-state index < -0.39 is 5.97 Å². The number of nitrogens with zero attached hydrogens (tertiary/aromatic N) is 1. The molecule has 0 fully saturated rings. The minimum atomic E-state index is -0.553. The summed E-state index contributed by atoms with van der Waals surface area (Å²) in [6, 6.07) is 15.6. The lowest BCUT2D eigenvalue weighted by Crippen LogP contribution is -2.32. The van der Waals surface area contributed by atoms with Crippen molar-refractivity contribution in [3.63, 3.8) is 0 Å². The second kappa shape index (κ2) is 7.27. The normalized spacial score (nSPS) is 12.8. The van der Waals surface area contributed by atoms with Gasteiger partial charge in [0.15, 0.2) is 6.61 Å². The number of rotatable bonds is 4. The molecule has 124 valence electrons. The van der Waals surface area contributed by atoms with Crippen molar-refractivity contribution < 1.29 is 19.1 Å². The Balaban J connectivity index is 1.93. The van der Waals surface area contributed by atoms with Crippen LogP contribution >= 0.6 is 0 Å². The molecule has 1 amide bonds. The standard InChI is InChI=1S/C19H19NO4/c1-23-13-19(22)24-12-18(21)20-16-8-4-2-6-14(16)10-11-15-7-3-5-9-17(15)20/h2-9H,10-13H2,1H3. The molecule has 0 N–H and O–H groups in total. The van der Waals surface area contributed by atoms with Crippen LogP contribution in [0.4, 0.5) is 11.4 Å². The third-order valence-electron chi connectivity index (χ3n) is 4.00. The van der Waals surface area contributed by atoms with Gasteiger partial charge < -0.3 is 9.47 Å². The fourth-order valence-electron chi connectivity index (χ4n) is 2.91. The number of para-hydroxylation sites is 2. The van der Waals surface area contributed by atoms with E-state index in [-0.39, 0.29) is 19.1 Å². The highest BCUT2D eigenvalue weighted by Crippen LogP contribution is 2.35. The highest BCUT2D eigenvalue weighted by atomic mass is 16.6. The number of ether oxygens (including phenoxy) is 2. The molecule has 1 aliphatic rings. The maximum Gasteiger partial charge on any atom is 0.332 e. The molecular formula is C19H19NO4. The number of fused-ring (bicyclic) bond motifs is 2. The van der Waals surface area contributed by atoms with Crippen LogP contribution in [0.3, 0.4) is 0 Å². The number of aryl methyl sites for hydroxylation is 2. The smallest absolute Gasteiger partial charge is 0.332 e. The van der Waals surface area contributed by atoms with Gasteiger partial charge in [-0.1, -0.05) is 36.4 Å². The van der Waals surface area contributed by atoms with E-state index in [0.717, 1.165) is 35.3 Å². The lowest BCUT2D eigenvalue weighted by atomic mass is 10.0. The molecule has 3 rings (SSSR count).